The van der Waals surface area contributed by atoms with Crippen molar-refractivity contribution in [2.75, 3.05) is 5.32 Å². The molecule has 0 aliphatic carbocycles. The number of carboxylic acids is 1. The summed E-state index contributed by atoms with van der Waals surface area (Å²) in [7, 11) is 1.51. The molecule has 2 heterocycles. The topological polar surface area (TPSA) is 111 Å². The van der Waals surface area contributed by atoms with Crippen molar-refractivity contribution in [2.24, 2.45) is 7.05 Å². The van der Waals surface area contributed by atoms with Crippen LogP contribution in [0.2, 0.25) is 5.02 Å². The maximum atomic E-state index is 12.7. The van der Waals surface area contributed by atoms with Gasteiger partial charge in [-0.2, -0.15) is 10.2 Å². The van der Waals surface area contributed by atoms with Gasteiger partial charge in [0.2, 0.25) is 0 Å². The SMILES string of the molecule is Cc1cc(OCn2nc(C)c(NC(=O)c3c(C(=O)O)cnn3C)c2C)cc(C)c1Cl. The molecule has 3 rings (SSSR count). The Morgan fingerprint density at radius 2 is 1.83 bits per heavy atom. The first-order valence-corrected chi connectivity index (χ1v) is 9.48. The third-order valence-electron chi connectivity index (χ3n) is 4.77. The van der Waals surface area contributed by atoms with E-state index in [1.165, 1.54) is 11.7 Å². The van der Waals surface area contributed by atoms with Crippen molar-refractivity contribution >= 4 is 29.2 Å². The number of rotatable bonds is 6. The molecule has 0 saturated heterocycles. The molecular formula is C20H22ClN5O4. The van der Waals surface area contributed by atoms with Crippen molar-refractivity contribution in [3.8, 4) is 5.75 Å². The van der Waals surface area contributed by atoms with Crippen molar-refractivity contribution in [1.29, 1.82) is 0 Å². The first-order chi connectivity index (χ1) is 14.1. The van der Waals surface area contributed by atoms with Gasteiger partial charge >= 0.3 is 5.97 Å². The highest BCUT2D eigenvalue weighted by Gasteiger charge is 2.24. The van der Waals surface area contributed by atoms with Crippen molar-refractivity contribution < 1.29 is 19.4 Å². The fourth-order valence-corrected chi connectivity index (χ4v) is 3.27. The van der Waals surface area contributed by atoms with E-state index < -0.39 is 11.9 Å². The lowest BCUT2D eigenvalue weighted by Crippen LogP contribution is -2.20. The van der Waals surface area contributed by atoms with E-state index >= 15 is 0 Å². The Kier molecular flexibility index (Phi) is 5.84. The second kappa shape index (κ2) is 8.19. The molecule has 30 heavy (non-hydrogen) atoms. The number of nitrogens with zero attached hydrogens (tertiary/aromatic N) is 4. The Morgan fingerprint density at radius 3 is 2.43 bits per heavy atom. The predicted molar refractivity (Wildman–Crippen MR) is 111 cm³/mol. The lowest BCUT2D eigenvalue weighted by Gasteiger charge is -2.11. The Balaban J connectivity index is 1.80. The maximum absolute atomic E-state index is 12.7. The molecule has 9 nitrogen and oxygen atoms in total. The van der Waals surface area contributed by atoms with Crippen LogP contribution < -0.4 is 10.1 Å². The van der Waals surface area contributed by atoms with Crippen LogP contribution >= 0.6 is 11.6 Å². The van der Waals surface area contributed by atoms with Gasteiger partial charge in [0.25, 0.3) is 5.91 Å². The standard InChI is InChI=1S/C20H22ClN5O4/c1-10-6-14(7-11(2)16(10)21)30-9-26-13(4)17(12(3)24-26)23-19(27)18-15(20(28)29)8-22-25(18)5/h6-8H,9H2,1-5H3,(H,23,27)(H,28,29). The fourth-order valence-electron chi connectivity index (χ4n) is 3.16. The van der Waals surface area contributed by atoms with Crippen LogP contribution in [-0.2, 0) is 13.8 Å². The second-order valence-electron chi connectivity index (χ2n) is 6.98. The molecule has 1 aromatic carbocycles. The molecule has 0 bridgehead atoms. The van der Waals surface area contributed by atoms with Crippen LogP contribution in [-0.4, -0.2) is 36.5 Å². The first-order valence-electron chi connectivity index (χ1n) is 9.10. The fraction of sp³-hybridized carbons (Fsp3) is 0.300. The summed E-state index contributed by atoms with van der Waals surface area (Å²) in [6.07, 6.45) is 1.14. The molecule has 158 valence electrons. The number of benzene rings is 1. The number of carbonyl (C=O) groups is 2. The summed E-state index contributed by atoms with van der Waals surface area (Å²) in [5, 5.41) is 21.0. The van der Waals surface area contributed by atoms with Gasteiger partial charge in [-0.1, -0.05) is 11.6 Å². The lowest BCUT2D eigenvalue weighted by molar-refractivity contribution is 0.0692. The molecule has 0 aliphatic rings. The minimum Gasteiger partial charge on any atom is -0.478 e. The van der Waals surface area contributed by atoms with Gasteiger partial charge in [0, 0.05) is 12.1 Å². The van der Waals surface area contributed by atoms with Gasteiger partial charge < -0.3 is 15.2 Å². The van der Waals surface area contributed by atoms with Crippen molar-refractivity contribution in [2.45, 2.75) is 34.4 Å². The minimum atomic E-state index is -1.22. The molecule has 3 aromatic rings. The van der Waals surface area contributed by atoms with Gasteiger partial charge in [0.15, 0.2) is 6.73 Å². The molecule has 0 aliphatic heterocycles. The molecule has 0 fully saturated rings. The number of aromatic nitrogens is 4. The second-order valence-corrected chi connectivity index (χ2v) is 7.36. The number of halogens is 1. The van der Waals surface area contributed by atoms with Crippen LogP contribution in [0.15, 0.2) is 18.3 Å². The van der Waals surface area contributed by atoms with E-state index in [0.29, 0.717) is 27.8 Å². The highest BCUT2D eigenvalue weighted by Crippen LogP contribution is 2.27. The van der Waals surface area contributed by atoms with Crippen LogP contribution in [0.25, 0.3) is 0 Å². The third-order valence-corrected chi connectivity index (χ3v) is 5.36. The van der Waals surface area contributed by atoms with E-state index in [1.807, 2.05) is 26.0 Å². The summed E-state index contributed by atoms with van der Waals surface area (Å²) in [5.74, 6) is -1.14. The van der Waals surface area contributed by atoms with E-state index in [9.17, 15) is 14.7 Å². The Hall–Kier alpha value is -3.33. The number of hydrogen-bond donors (Lipinski definition) is 2. The lowest BCUT2D eigenvalue weighted by atomic mass is 10.1. The molecular weight excluding hydrogens is 410 g/mol. The van der Waals surface area contributed by atoms with E-state index in [2.05, 4.69) is 15.5 Å². The number of hydrogen-bond acceptors (Lipinski definition) is 5. The summed E-state index contributed by atoms with van der Waals surface area (Å²) >= 11 is 6.19. The molecule has 10 heteroatoms. The number of nitrogens with one attached hydrogen (secondary N) is 1. The van der Waals surface area contributed by atoms with Crippen LogP contribution in [0.3, 0.4) is 0 Å². The van der Waals surface area contributed by atoms with Crippen molar-refractivity contribution in [3.05, 3.63) is 57.1 Å². The third kappa shape index (κ3) is 4.02. The Labute approximate surface area is 178 Å². The highest BCUT2D eigenvalue weighted by atomic mass is 35.5. The van der Waals surface area contributed by atoms with Gasteiger partial charge in [-0.05, 0) is 51.0 Å². The van der Waals surface area contributed by atoms with Crippen molar-refractivity contribution in [3.63, 3.8) is 0 Å². The monoisotopic (exact) mass is 431 g/mol. The zero-order valence-corrected chi connectivity index (χ0v) is 18.0. The smallest absolute Gasteiger partial charge is 0.339 e. The van der Waals surface area contributed by atoms with E-state index in [-0.39, 0.29) is 18.0 Å². The highest BCUT2D eigenvalue weighted by molar-refractivity contribution is 6.32. The summed E-state index contributed by atoms with van der Waals surface area (Å²) in [5.41, 5.74) is 3.35. The molecule has 0 unspecified atom stereocenters. The summed E-state index contributed by atoms with van der Waals surface area (Å²) in [6, 6.07) is 3.69. The van der Waals surface area contributed by atoms with Crippen LogP contribution in [0.4, 0.5) is 5.69 Å². The molecule has 0 saturated carbocycles. The Bertz CT molecular complexity index is 1130. The molecule has 2 aromatic heterocycles. The van der Waals surface area contributed by atoms with E-state index in [1.54, 1.807) is 18.5 Å². The number of carbonyl (C=O) groups excluding carboxylic acids is 1. The van der Waals surface area contributed by atoms with Gasteiger partial charge in [0.05, 0.1) is 23.3 Å². The molecule has 1 amide bonds. The van der Waals surface area contributed by atoms with Gasteiger partial charge in [-0.3, -0.25) is 9.48 Å². The van der Waals surface area contributed by atoms with Gasteiger partial charge in [-0.15, -0.1) is 0 Å². The summed E-state index contributed by atoms with van der Waals surface area (Å²) < 4.78 is 8.68. The van der Waals surface area contributed by atoms with E-state index in [0.717, 1.165) is 17.3 Å². The average molecular weight is 432 g/mol. The normalized spacial score (nSPS) is 10.9. The molecule has 2 N–H and O–H groups in total. The minimum absolute atomic E-state index is 0.0441. The maximum Gasteiger partial charge on any atom is 0.339 e. The van der Waals surface area contributed by atoms with Crippen LogP contribution in [0.1, 0.15) is 43.4 Å². The number of aromatic carboxylic acids is 1. The van der Waals surface area contributed by atoms with Crippen molar-refractivity contribution in [1.82, 2.24) is 19.6 Å². The number of carboxylic acid groups (broad SMARTS) is 1. The number of aryl methyl sites for hydroxylation is 4. The summed E-state index contributed by atoms with van der Waals surface area (Å²) in [6.45, 7) is 7.48. The zero-order valence-electron chi connectivity index (χ0n) is 17.3. The van der Waals surface area contributed by atoms with Crippen LogP contribution in [0.5, 0.6) is 5.75 Å². The number of ether oxygens (including phenoxy) is 1. The van der Waals surface area contributed by atoms with E-state index in [4.69, 9.17) is 16.3 Å². The largest absolute Gasteiger partial charge is 0.478 e. The molecule has 0 spiro atoms. The number of amides is 1. The first kappa shape index (κ1) is 21.4. The van der Waals surface area contributed by atoms with Crippen LogP contribution in [0, 0.1) is 27.7 Å². The summed E-state index contributed by atoms with van der Waals surface area (Å²) in [4.78, 5) is 24.0. The number of anilines is 1. The Morgan fingerprint density at radius 1 is 1.20 bits per heavy atom. The quantitative estimate of drug-likeness (QED) is 0.618. The average Bonchev–Trinajstić information content (AvgIpc) is 3.19. The predicted octanol–water partition coefficient (Wildman–Crippen LogP) is 3.49. The molecule has 0 radical (unpaired) electrons. The van der Waals surface area contributed by atoms with Gasteiger partial charge in [0.1, 0.15) is 17.0 Å². The van der Waals surface area contributed by atoms with Gasteiger partial charge in [-0.25, -0.2) is 9.48 Å². The molecule has 0 atom stereocenters. The zero-order chi connectivity index (χ0) is 22.2.